The number of nitriles is 1. The van der Waals surface area contributed by atoms with Gasteiger partial charge in [0.1, 0.15) is 23.2 Å². The van der Waals surface area contributed by atoms with Crippen LogP contribution in [-0.4, -0.2) is 28.1 Å². The summed E-state index contributed by atoms with van der Waals surface area (Å²) in [6, 6.07) is 8.03. The number of carbonyl (C=O) groups is 3. The molecule has 0 atom stereocenters. The highest BCUT2D eigenvalue weighted by Gasteiger charge is 2.14. The fraction of sp³-hybridized carbons (Fsp3) is 0. The van der Waals surface area contributed by atoms with Crippen LogP contribution in [0, 0.1) is 11.3 Å². The highest BCUT2D eigenvalue weighted by Crippen LogP contribution is 2.26. The Morgan fingerprint density at radius 2 is 1.67 bits per heavy atom. The van der Waals surface area contributed by atoms with Crippen molar-refractivity contribution in [1.29, 1.82) is 5.26 Å². The first-order valence-electron chi connectivity index (χ1n) is 6.45. The van der Waals surface area contributed by atoms with Crippen LogP contribution in [0.1, 0.15) is 26.5 Å². The minimum absolute atomic E-state index is 0.137. The summed E-state index contributed by atoms with van der Waals surface area (Å²) in [6.07, 6.45) is 1.13. The molecule has 0 saturated carbocycles. The molecular weight excluding hydrogens is 316 g/mol. The minimum atomic E-state index is -1.29. The van der Waals surface area contributed by atoms with Crippen molar-refractivity contribution in [2.75, 3.05) is 0 Å². The summed E-state index contributed by atoms with van der Waals surface area (Å²) >= 11 is 0. The quantitative estimate of drug-likeness (QED) is 0.558. The lowest BCUT2D eigenvalue weighted by Gasteiger charge is -2.03. The van der Waals surface area contributed by atoms with Gasteiger partial charge in [-0.1, -0.05) is 0 Å². The number of furan rings is 1. The van der Waals surface area contributed by atoms with Gasteiger partial charge in [0, 0.05) is 11.6 Å². The molecule has 1 heterocycles. The number of amides is 1. The van der Waals surface area contributed by atoms with Gasteiger partial charge in [-0.15, -0.1) is 0 Å². The zero-order valence-electron chi connectivity index (χ0n) is 12.0. The Labute approximate surface area is 135 Å². The molecule has 24 heavy (non-hydrogen) atoms. The molecule has 1 amide bonds. The number of carboxylic acids is 2. The standard InChI is InChI=1S/C16H10N2O6/c17-7-11(14(18)19)6-12-1-2-13(24-12)8-3-9(15(20)21)5-10(4-8)16(22)23/h1-6H,(H2,18,19)(H,20,21)(H,22,23)/b11-6-. The zero-order chi connectivity index (χ0) is 17.9. The molecule has 8 nitrogen and oxygen atoms in total. The number of carboxylic acid groups (broad SMARTS) is 2. The number of nitrogens with zero attached hydrogens (tertiary/aromatic N) is 1. The van der Waals surface area contributed by atoms with Gasteiger partial charge in [-0.3, -0.25) is 4.79 Å². The Morgan fingerprint density at radius 1 is 1.08 bits per heavy atom. The molecule has 0 fully saturated rings. The normalized spacial score (nSPS) is 10.9. The van der Waals surface area contributed by atoms with E-state index in [4.69, 9.17) is 25.6 Å². The van der Waals surface area contributed by atoms with Gasteiger partial charge in [-0.05, 0) is 30.3 Å². The molecule has 0 spiro atoms. The monoisotopic (exact) mass is 326 g/mol. The van der Waals surface area contributed by atoms with Crippen LogP contribution in [0.15, 0.2) is 40.3 Å². The van der Waals surface area contributed by atoms with Crippen LogP contribution < -0.4 is 5.73 Å². The summed E-state index contributed by atoms with van der Waals surface area (Å²) in [4.78, 5) is 33.2. The van der Waals surface area contributed by atoms with E-state index in [1.807, 2.05) is 0 Å². The van der Waals surface area contributed by atoms with Crippen molar-refractivity contribution >= 4 is 23.9 Å². The molecule has 0 aliphatic carbocycles. The van der Waals surface area contributed by atoms with Crippen molar-refractivity contribution in [3.63, 3.8) is 0 Å². The molecule has 0 radical (unpaired) electrons. The Kier molecular flexibility index (Phi) is 4.47. The Balaban J connectivity index is 2.50. The van der Waals surface area contributed by atoms with Crippen LogP contribution in [-0.2, 0) is 4.79 Å². The van der Waals surface area contributed by atoms with E-state index in [9.17, 15) is 14.4 Å². The van der Waals surface area contributed by atoms with E-state index in [1.165, 1.54) is 24.3 Å². The smallest absolute Gasteiger partial charge is 0.335 e. The van der Waals surface area contributed by atoms with Crippen molar-refractivity contribution in [2.45, 2.75) is 0 Å². The maximum atomic E-state index is 11.1. The first kappa shape index (κ1) is 16.5. The van der Waals surface area contributed by atoms with Crippen LogP contribution >= 0.6 is 0 Å². The summed E-state index contributed by atoms with van der Waals surface area (Å²) in [5.41, 5.74) is 4.50. The number of hydrogen-bond donors (Lipinski definition) is 3. The van der Waals surface area contributed by atoms with Gasteiger partial charge < -0.3 is 20.4 Å². The van der Waals surface area contributed by atoms with E-state index in [-0.39, 0.29) is 33.8 Å². The average molecular weight is 326 g/mol. The Bertz CT molecular complexity index is 885. The van der Waals surface area contributed by atoms with Gasteiger partial charge in [0.15, 0.2) is 0 Å². The second-order valence-corrected chi connectivity index (χ2v) is 4.65. The number of rotatable bonds is 5. The molecule has 0 aliphatic heterocycles. The third-order valence-electron chi connectivity index (χ3n) is 3.01. The van der Waals surface area contributed by atoms with E-state index in [2.05, 4.69) is 0 Å². The number of benzene rings is 1. The first-order chi connectivity index (χ1) is 11.3. The fourth-order valence-corrected chi connectivity index (χ4v) is 1.90. The molecule has 1 aromatic heterocycles. The fourth-order valence-electron chi connectivity index (χ4n) is 1.90. The molecule has 2 rings (SSSR count). The molecule has 2 aromatic rings. The Morgan fingerprint density at radius 3 is 2.12 bits per heavy atom. The van der Waals surface area contributed by atoms with Gasteiger partial charge in [0.25, 0.3) is 5.91 Å². The zero-order valence-corrected chi connectivity index (χ0v) is 12.0. The maximum Gasteiger partial charge on any atom is 0.335 e. The van der Waals surface area contributed by atoms with Gasteiger partial charge >= 0.3 is 11.9 Å². The van der Waals surface area contributed by atoms with Crippen LogP contribution in [0.5, 0.6) is 0 Å². The van der Waals surface area contributed by atoms with E-state index >= 15 is 0 Å². The summed E-state index contributed by atoms with van der Waals surface area (Å²) in [5, 5.41) is 26.9. The predicted molar refractivity (Wildman–Crippen MR) is 80.8 cm³/mol. The molecule has 0 unspecified atom stereocenters. The maximum absolute atomic E-state index is 11.1. The molecule has 4 N–H and O–H groups in total. The first-order valence-corrected chi connectivity index (χ1v) is 6.45. The van der Waals surface area contributed by atoms with E-state index in [1.54, 1.807) is 6.07 Å². The Hall–Kier alpha value is -3.86. The second kappa shape index (κ2) is 6.50. The lowest BCUT2D eigenvalue weighted by molar-refractivity contribution is -0.114. The van der Waals surface area contributed by atoms with Crippen molar-refractivity contribution in [2.24, 2.45) is 5.73 Å². The number of aromatic carboxylic acids is 2. The lowest BCUT2D eigenvalue weighted by atomic mass is 10.0. The van der Waals surface area contributed by atoms with Crippen molar-refractivity contribution in [1.82, 2.24) is 0 Å². The topological polar surface area (TPSA) is 155 Å². The van der Waals surface area contributed by atoms with Crippen LogP contribution in [0.3, 0.4) is 0 Å². The molecule has 120 valence electrons. The van der Waals surface area contributed by atoms with Crippen LogP contribution in [0.4, 0.5) is 0 Å². The van der Waals surface area contributed by atoms with Gasteiger partial charge in [0.05, 0.1) is 11.1 Å². The summed E-state index contributed by atoms with van der Waals surface area (Å²) in [5.74, 6) is -3.18. The summed E-state index contributed by atoms with van der Waals surface area (Å²) < 4.78 is 5.40. The second-order valence-electron chi connectivity index (χ2n) is 4.65. The molecule has 0 saturated heterocycles. The minimum Gasteiger partial charge on any atom is -0.478 e. The molecule has 1 aromatic carbocycles. The number of nitrogens with two attached hydrogens (primary N) is 1. The third kappa shape index (κ3) is 3.48. The number of carbonyl (C=O) groups excluding carboxylic acids is 1. The van der Waals surface area contributed by atoms with Crippen LogP contribution in [0.25, 0.3) is 17.4 Å². The van der Waals surface area contributed by atoms with Gasteiger partial charge in [-0.2, -0.15) is 5.26 Å². The van der Waals surface area contributed by atoms with Gasteiger partial charge in [-0.25, -0.2) is 9.59 Å². The predicted octanol–water partition coefficient (Wildman–Crippen LogP) is 1.74. The largest absolute Gasteiger partial charge is 0.478 e. The average Bonchev–Trinajstić information content (AvgIpc) is 3.00. The van der Waals surface area contributed by atoms with E-state index < -0.39 is 17.8 Å². The van der Waals surface area contributed by atoms with E-state index in [0.717, 1.165) is 12.1 Å². The molecule has 0 aliphatic rings. The number of primary amides is 1. The van der Waals surface area contributed by atoms with Crippen molar-refractivity contribution in [3.8, 4) is 17.4 Å². The van der Waals surface area contributed by atoms with Crippen molar-refractivity contribution < 1.29 is 29.0 Å². The SMILES string of the molecule is N#C/C(=C/c1ccc(-c2cc(C(=O)O)cc(C(=O)O)c2)o1)C(N)=O. The van der Waals surface area contributed by atoms with Crippen LogP contribution in [0.2, 0.25) is 0 Å². The summed E-state index contributed by atoms with van der Waals surface area (Å²) in [6.45, 7) is 0. The lowest BCUT2D eigenvalue weighted by Crippen LogP contribution is -2.12. The molecule has 8 heteroatoms. The number of hydrogen-bond acceptors (Lipinski definition) is 5. The van der Waals surface area contributed by atoms with Crippen molar-refractivity contribution in [3.05, 3.63) is 52.8 Å². The van der Waals surface area contributed by atoms with E-state index in [0.29, 0.717) is 0 Å². The van der Waals surface area contributed by atoms with Gasteiger partial charge in [0.2, 0.25) is 0 Å². The molecule has 0 bridgehead atoms. The highest BCUT2D eigenvalue weighted by atomic mass is 16.4. The summed E-state index contributed by atoms with van der Waals surface area (Å²) in [7, 11) is 0. The highest BCUT2D eigenvalue weighted by molar-refractivity contribution is 6.00. The molecular formula is C16H10N2O6. The third-order valence-corrected chi connectivity index (χ3v) is 3.01.